The maximum Gasteiger partial charge on any atom is 0.213 e. The Bertz CT molecular complexity index is 699. The average molecular weight is 308 g/mol. The van der Waals surface area contributed by atoms with Gasteiger partial charge in [-0.05, 0) is 43.3 Å². The minimum absolute atomic E-state index is 0.186. The van der Waals surface area contributed by atoms with Gasteiger partial charge < -0.3 is 9.94 Å². The lowest BCUT2D eigenvalue weighted by Crippen LogP contribution is -2.12. The molecule has 0 spiro atoms. The van der Waals surface area contributed by atoms with Gasteiger partial charge >= 0.3 is 0 Å². The third-order valence-corrected chi connectivity index (χ3v) is 2.97. The van der Waals surface area contributed by atoms with Crippen molar-refractivity contribution in [2.24, 2.45) is 5.16 Å². The van der Waals surface area contributed by atoms with Crippen molar-refractivity contribution in [1.29, 1.82) is 0 Å². The number of oxime groups is 1. The highest BCUT2D eigenvalue weighted by molar-refractivity contribution is 6.45. The van der Waals surface area contributed by atoms with Gasteiger partial charge in [-0.1, -0.05) is 16.8 Å². The van der Waals surface area contributed by atoms with Crippen LogP contribution in [-0.4, -0.2) is 16.7 Å². The molecule has 108 valence electrons. The van der Waals surface area contributed by atoms with Crippen molar-refractivity contribution < 1.29 is 19.1 Å². The van der Waals surface area contributed by atoms with Crippen LogP contribution in [0.4, 0.5) is 4.39 Å². The van der Waals surface area contributed by atoms with Crippen molar-refractivity contribution in [3.05, 3.63) is 58.9 Å². The van der Waals surface area contributed by atoms with E-state index in [-0.39, 0.29) is 17.0 Å². The van der Waals surface area contributed by atoms with E-state index in [9.17, 15) is 9.18 Å². The molecule has 0 saturated heterocycles. The molecule has 0 unspecified atom stereocenters. The summed E-state index contributed by atoms with van der Waals surface area (Å²) in [5, 5.41) is 11.9. The normalized spacial score (nSPS) is 11.3. The largest absolute Gasteiger partial charge is 0.457 e. The number of halogens is 2. The van der Waals surface area contributed by atoms with Crippen LogP contribution in [-0.2, 0) is 0 Å². The van der Waals surface area contributed by atoms with Gasteiger partial charge in [-0.15, -0.1) is 0 Å². The van der Waals surface area contributed by atoms with Gasteiger partial charge in [0.2, 0.25) is 5.78 Å². The van der Waals surface area contributed by atoms with Gasteiger partial charge in [-0.2, -0.15) is 0 Å². The zero-order valence-corrected chi connectivity index (χ0v) is 11.8. The van der Waals surface area contributed by atoms with E-state index in [0.717, 1.165) is 6.07 Å². The summed E-state index contributed by atoms with van der Waals surface area (Å²) in [5.41, 5.74) is -0.381. The van der Waals surface area contributed by atoms with Crippen LogP contribution in [0, 0.1) is 5.82 Å². The Balaban J connectivity index is 2.23. The van der Waals surface area contributed by atoms with Crippen LogP contribution in [0.15, 0.2) is 47.6 Å². The topological polar surface area (TPSA) is 58.9 Å². The summed E-state index contributed by atoms with van der Waals surface area (Å²) < 4.78 is 19.4. The Kier molecular flexibility index (Phi) is 4.55. The zero-order chi connectivity index (χ0) is 15.4. The Labute approximate surface area is 125 Å². The summed E-state index contributed by atoms with van der Waals surface area (Å²) in [6.45, 7) is 1.29. The Morgan fingerprint density at radius 1 is 1.19 bits per heavy atom. The number of carbonyl (C=O) groups excluding carboxylic acids is 1. The van der Waals surface area contributed by atoms with Gasteiger partial charge in [0, 0.05) is 11.1 Å². The predicted octanol–water partition coefficient (Wildman–Crippen LogP) is 4.30. The van der Waals surface area contributed by atoms with E-state index < -0.39 is 11.6 Å². The summed E-state index contributed by atoms with van der Waals surface area (Å²) in [6, 6.07) is 10.4. The van der Waals surface area contributed by atoms with Gasteiger partial charge in [0.1, 0.15) is 23.0 Å². The standard InChI is InChI=1S/C15H11ClFNO3/c1-9(18-20)15(19)13-7-6-12(8-14(13)17)21-11-4-2-10(16)3-5-11/h2-8,20H,1H3. The number of nitrogens with zero attached hydrogens (tertiary/aromatic N) is 1. The van der Waals surface area contributed by atoms with Gasteiger partial charge in [-0.25, -0.2) is 4.39 Å². The third-order valence-electron chi connectivity index (χ3n) is 2.71. The number of Topliss-reactive ketones (excluding diaryl/α,β-unsaturated/α-hetero) is 1. The second-order valence-corrected chi connectivity index (χ2v) is 4.65. The zero-order valence-electron chi connectivity index (χ0n) is 11.0. The van der Waals surface area contributed by atoms with E-state index in [2.05, 4.69) is 5.16 Å². The van der Waals surface area contributed by atoms with Gasteiger partial charge in [0.05, 0.1) is 5.56 Å². The molecule has 1 N–H and O–H groups in total. The Morgan fingerprint density at radius 3 is 2.38 bits per heavy atom. The molecule has 0 radical (unpaired) electrons. The number of hydrogen-bond acceptors (Lipinski definition) is 4. The molecule has 0 saturated carbocycles. The average Bonchev–Trinajstić information content (AvgIpc) is 2.48. The SMILES string of the molecule is CC(=NO)C(=O)c1ccc(Oc2ccc(Cl)cc2)cc1F. The molecule has 0 heterocycles. The molecule has 4 nitrogen and oxygen atoms in total. The van der Waals surface area contributed by atoms with Crippen molar-refractivity contribution in [2.75, 3.05) is 0 Å². The molecular weight excluding hydrogens is 297 g/mol. The number of hydrogen-bond donors (Lipinski definition) is 1. The molecule has 2 aromatic rings. The first-order chi connectivity index (χ1) is 10.0. The Hall–Kier alpha value is -2.40. The molecule has 6 heteroatoms. The molecule has 0 fully saturated rings. The quantitative estimate of drug-likeness (QED) is 0.396. The van der Waals surface area contributed by atoms with Crippen molar-refractivity contribution in [3.8, 4) is 11.5 Å². The van der Waals surface area contributed by atoms with E-state index in [0.29, 0.717) is 10.8 Å². The van der Waals surface area contributed by atoms with Crippen molar-refractivity contribution in [2.45, 2.75) is 6.92 Å². The van der Waals surface area contributed by atoms with Crippen LogP contribution in [0.1, 0.15) is 17.3 Å². The van der Waals surface area contributed by atoms with Crippen LogP contribution in [0.3, 0.4) is 0 Å². The molecule has 0 atom stereocenters. The minimum atomic E-state index is -0.755. The summed E-state index contributed by atoms with van der Waals surface area (Å²) in [5.74, 6) is -0.710. The van der Waals surface area contributed by atoms with Crippen LogP contribution in [0.2, 0.25) is 5.02 Å². The molecule has 2 rings (SSSR count). The molecule has 0 amide bonds. The molecular formula is C15H11ClFNO3. The van der Waals surface area contributed by atoms with E-state index in [4.69, 9.17) is 21.5 Å². The van der Waals surface area contributed by atoms with Crippen LogP contribution >= 0.6 is 11.6 Å². The Morgan fingerprint density at radius 2 is 1.81 bits per heavy atom. The van der Waals surface area contributed by atoms with E-state index >= 15 is 0 Å². The first kappa shape index (κ1) is 15.0. The summed E-state index contributed by atoms with van der Waals surface area (Å²) >= 11 is 5.75. The molecule has 0 aliphatic carbocycles. The molecule has 21 heavy (non-hydrogen) atoms. The highest BCUT2D eigenvalue weighted by atomic mass is 35.5. The minimum Gasteiger partial charge on any atom is -0.457 e. The fourth-order valence-corrected chi connectivity index (χ4v) is 1.75. The fraction of sp³-hybridized carbons (Fsp3) is 0.0667. The molecule has 0 bridgehead atoms. The molecule has 0 aliphatic heterocycles. The molecule has 0 aromatic heterocycles. The van der Waals surface area contributed by atoms with Gasteiger partial charge in [0.25, 0.3) is 0 Å². The van der Waals surface area contributed by atoms with Crippen molar-refractivity contribution in [1.82, 2.24) is 0 Å². The highest BCUT2D eigenvalue weighted by Crippen LogP contribution is 2.25. The van der Waals surface area contributed by atoms with Crippen LogP contribution in [0.5, 0.6) is 11.5 Å². The number of ketones is 1. The number of carbonyl (C=O) groups is 1. The second-order valence-electron chi connectivity index (χ2n) is 4.21. The van der Waals surface area contributed by atoms with Crippen molar-refractivity contribution in [3.63, 3.8) is 0 Å². The third kappa shape index (κ3) is 3.58. The van der Waals surface area contributed by atoms with E-state index in [1.807, 2.05) is 0 Å². The van der Waals surface area contributed by atoms with E-state index in [1.54, 1.807) is 24.3 Å². The molecule has 0 aliphatic rings. The highest BCUT2D eigenvalue weighted by Gasteiger charge is 2.16. The lowest BCUT2D eigenvalue weighted by atomic mass is 10.1. The number of rotatable bonds is 4. The number of ether oxygens (including phenoxy) is 1. The first-order valence-electron chi connectivity index (χ1n) is 5.97. The maximum absolute atomic E-state index is 13.9. The van der Waals surface area contributed by atoms with Crippen LogP contribution in [0.25, 0.3) is 0 Å². The predicted molar refractivity (Wildman–Crippen MR) is 77.2 cm³/mol. The second kappa shape index (κ2) is 6.37. The first-order valence-corrected chi connectivity index (χ1v) is 6.35. The van der Waals surface area contributed by atoms with Crippen LogP contribution < -0.4 is 4.74 Å². The van der Waals surface area contributed by atoms with Crippen molar-refractivity contribution >= 4 is 23.1 Å². The summed E-state index contributed by atoms with van der Waals surface area (Å²) in [7, 11) is 0. The van der Waals surface area contributed by atoms with E-state index in [1.165, 1.54) is 19.1 Å². The lowest BCUT2D eigenvalue weighted by Gasteiger charge is -2.07. The number of benzene rings is 2. The fourth-order valence-electron chi connectivity index (χ4n) is 1.62. The molecule has 2 aromatic carbocycles. The summed E-state index contributed by atoms with van der Waals surface area (Å²) in [4.78, 5) is 11.7. The summed E-state index contributed by atoms with van der Waals surface area (Å²) in [6.07, 6.45) is 0. The monoisotopic (exact) mass is 307 g/mol. The maximum atomic E-state index is 13.9. The van der Waals surface area contributed by atoms with Gasteiger partial charge in [0.15, 0.2) is 0 Å². The van der Waals surface area contributed by atoms with Gasteiger partial charge in [-0.3, -0.25) is 4.79 Å². The lowest BCUT2D eigenvalue weighted by molar-refractivity contribution is 0.105. The smallest absolute Gasteiger partial charge is 0.213 e.